The first-order valence-corrected chi connectivity index (χ1v) is 13.0. The van der Waals surface area contributed by atoms with Gasteiger partial charge in [-0.3, -0.25) is 0 Å². The molecule has 1 aromatic heterocycles. The topological polar surface area (TPSA) is 26.0 Å². The Morgan fingerprint density at radius 2 is 2.11 bits per heavy atom. The maximum absolute atomic E-state index is 4.74. The van der Waals surface area contributed by atoms with E-state index in [0.717, 1.165) is 0 Å². The Kier molecular flexibility index (Phi) is 1.84. The predicted octanol–water partition coefficient (Wildman–Crippen LogP) is 1.22. The quantitative estimate of drug-likeness (QED) is 0.680. The van der Waals surface area contributed by atoms with Crippen LogP contribution in [0.2, 0.25) is 14.8 Å². The van der Waals surface area contributed by atoms with E-state index in [1.165, 1.54) is 3.71 Å². The van der Waals surface area contributed by atoms with Gasteiger partial charge in [0, 0.05) is 0 Å². The van der Waals surface area contributed by atoms with Gasteiger partial charge in [-0.2, -0.15) is 0 Å². The van der Waals surface area contributed by atoms with E-state index in [1.54, 1.807) is 6.26 Å². The van der Waals surface area contributed by atoms with Gasteiger partial charge in [-0.1, -0.05) is 0 Å². The molecule has 0 atom stereocenters. The SMILES string of the molecule is [CH3][Sn]([CH3])([CH3])[c]1ccon1. The standard InChI is InChI=1S/C3H2NO.3CH3.Sn/c1-2-4-5-3-1;;;;/h1,3H;3*1H3;. The third-order valence-corrected chi connectivity index (χ3v) is 6.33. The number of nitrogens with zero attached hydrogens (tertiary/aromatic N) is 1. The second kappa shape index (κ2) is 2.32. The van der Waals surface area contributed by atoms with E-state index in [2.05, 4.69) is 20.0 Å². The van der Waals surface area contributed by atoms with Gasteiger partial charge in [0.1, 0.15) is 0 Å². The average Bonchev–Trinajstić information content (AvgIpc) is 2.08. The molecular weight excluding hydrogens is 221 g/mol. The van der Waals surface area contributed by atoms with Gasteiger partial charge in [-0.15, -0.1) is 0 Å². The molecule has 9 heavy (non-hydrogen) atoms. The first-order valence-electron chi connectivity index (χ1n) is 3.01. The fourth-order valence-corrected chi connectivity index (χ4v) is 3.15. The van der Waals surface area contributed by atoms with Gasteiger partial charge in [0.2, 0.25) is 0 Å². The molecule has 0 bridgehead atoms. The van der Waals surface area contributed by atoms with Crippen molar-refractivity contribution in [1.82, 2.24) is 5.16 Å². The van der Waals surface area contributed by atoms with Crippen molar-refractivity contribution in [2.45, 2.75) is 14.8 Å². The summed E-state index contributed by atoms with van der Waals surface area (Å²) >= 11 is -1.85. The first-order chi connectivity index (χ1) is 4.11. The Bertz CT molecular complexity index is 175. The molecule has 0 aliphatic carbocycles. The molecule has 50 valence electrons. The molecule has 0 aliphatic rings. The summed E-state index contributed by atoms with van der Waals surface area (Å²) in [4.78, 5) is 6.94. The van der Waals surface area contributed by atoms with Crippen LogP contribution in [-0.2, 0) is 0 Å². The van der Waals surface area contributed by atoms with Crippen LogP contribution in [-0.4, -0.2) is 23.5 Å². The van der Waals surface area contributed by atoms with Crippen molar-refractivity contribution >= 4 is 22.1 Å². The zero-order valence-corrected chi connectivity index (χ0v) is 8.86. The molecule has 0 aromatic carbocycles. The molecule has 1 heterocycles. The zero-order valence-electron chi connectivity index (χ0n) is 6.01. The second-order valence-corrected chi connectivity index (χ2v) is 17.4. The van der Waals surface area contributed by atoms with E-state index < -0.39 is 18.4 Å². The molecule has 0 unspecified atom stereocenters. The molecule has 0 aliphatic heterocycles. The number of rotatable bonds is 1. The van der Waals surface area contributed by atoms with E-state index in [9.17, 15) is 0 Å². The van der Waals surface area contributed by atoms with Gasteiger partial charge in [0.05, 0.1) is 0 Å². The average molecular weight is 232 g/mol. The van der Waals surface area contributed by atoms with E-state index in [-0.39, 0.29) is 0 Å². The van der Waals surface area contributed by atoms with Crippen LogP contribution in [0.5, 0.6) is 0 Å². The van der Waals surface area contributed by atoms with Crippen LogP contribution in [0.4, 0.5) is 0 Å². The molecule has 1 rings (SSSR count). The van der Waals surface area contributed by atoms with Crippen LogP contribution in [0.3, 0.4) is 0 Å². The Hall–Kier alpha value is 0.00870. The molecule has 0 amide bonds. The van der Waals surface area contributed by atoms with Gasteiger partial charge in [-0.05, 0) is 0 Å². The van der Waals surface area contributed by atoms with Crippen LogP contribution in [0.1, 0.15) is 0 Å². The predicted molar refractivity (Wildman–Crippen MR) is 39.5 cm³/mol. The fraction of sp³-hybridized carbons (Fsp3) is 0.500. The monoisotopic (exact) mass is 233 g/mol. The van der Waals surface area contributed by atoms with E-state index in [4.69, 9.17) is 4.52 Å². The molecule has 0 saturated carbocycles. The second-order valence-electron chi connectivity index (χ2n) is 3.13. The normalized spacial score (nSPS) is 11.9. The van der Waals surface area contributed by atoms with Crippen LogP contribution < -0.4 is 3.71 Å². The Labute approximate surface area is 59.1 Å². The van der Waals surface area contributed by atoms with Gasteiger partial charge in [-0.25, -0.2) is 0 Å². The summed E-state index contributed by atoms with van der Waals surface area (Å²) in [6.45, 7) is 0. The Balaban J connectivity index is 2.90. The summed E-state index contributed by atoms with van der Waals surface area (Å²) in [6.07, 6.45) is 1.65. The van der Waals surface area contributed by atoms with Crippen LogP contribution >= 0.6 is 0 Å². The van der Waals surface area contributed by atoms with Crippen molar-refractivity contribution in [3.63, 3.8) is 0 Å². The van der Waals surface area contributed by atoms with Gasteiger partial charge < -0.3 is 0 Å². The molecule has 0 N–H and O–H groups in total. The van der Waals surface area contributed by atoms with Crippen molar-refractivity contribution in [3.8, 4) is 0 Å². The van der Waals surface area contributed by atoms with Crippen molar-refractivity contribution < 1.29 is 4.52 Å². The molecule has 1 aromatic rings. The van der Waals surface area contributed by atoms with Crippen molar-refractivity contribution in [2.75, 3.05) is 0 Å². The van der Waals surface area contributed by atoms with Crippen LogP contribution in [0.25, 0.3) is 0 Å². The molecule has 0 radical (unpaired) electrons. The molecule has 2 nitrogen and oxygen atoms in total. The number of hydrogen-bond donors (Lipinski definition) is 0. The summed E-state index contributed by atoms with van der Waals surface area (Å²) in [5.74, 6) is 0. The van der Waals surface area contributed by atoms with Crippen molar-refractivity contribution in [1.29, 1.82) is 0 Å². The number of aromatic nitrogens is 1. The molecular formula is C6H11NOSn. The van der Waals surface area contributed by atoms with Crippen molar-refractivity contribution in [2.24, 2.45) is 0 Å². The fourth-order valence-electron chi connectivity index (χ4n) is 0.599. The van der Waals surface area contributed by atoms with Gasteiger partial charge in [0.25, 0.3) is 0 Å². The summed E-state index contributed by atoms with van der Waals surface area (Å²) < 4.78 is 5.96. The van der Waals surface area contributed by atoms with E-state index >= 15 is 0 Å². The Morgan fingerprint density at radius 3 is 2.33 bits per heavy atom. The summed E-state index contributed by atoms with van der Waals surface area (Å²) in [6, 6.07) is 1.98. The van der Waals surface area contributed by atoms with E-state index in [0.29, 0.717) is 0 Å². The van der Waals surface area contributed by atoms with Gasteiger partial charge >= 0.3 is 58.9 Å². The number of hydrogen-bond acceptors (Lipinski definition) is 2. The molecule has 0 spiro atoms. The third kappa shape index (κ3) is 1.71. The summed E-state index contributed by atoms with van der Waals surface area (Å²) in [5.41, 5.74) is 0. The third-order valence-electron chi connectivity index (χ3n) is 1.21. The molecule has 0 saturated heterocycles. The van der Waals surface area contributed by atoms with E-state index in [1.807, 2.05) is 6.07 Å². The van der Waals surface area contributed by atoms with Crippen LogP contribution in [0, 0.1) is 0 Å². The summed E-state index contributed by atoms with van der Waals surface area (Å²) in [7, 11) is 0. The van der Waals surface area contributed by atoms with Crippen molar-refractivity contribution in [3.05, 3.63) is 12.3 Å². The molecule has 3 heteroatoms. The maximum atomic E-state index is 4.74. The summed E-state index contributed by atoms with van der Waals surface area (Å²) in [5, 5.41) is 3.91. The van der Waals surface area contributed by atoms with Crippen LogP contribution in [0.15, 0.2) is 16.9 Å². The minimum atomic E-state index is -1.85. The van der Waals surface area contributed by atoms with Gasteiger partial charge in [0.15, 0.2) is 0 Å². The molecule has 0 fully saturated rings. The Morgan fingerprint density at radius 1 is 1.44 bits per heavy atom. The zero-order chi connectivity index (χ0) is 6.91. The minimum absolute atomic E-state index is 1.21. The first kappa shape index (κ1) is 7.12.